The van der Waals surface area contributed by atoms with Gasteiger partial charge in [-0.2, -0.15) is 0 Å². The Morgan fingerprint density at radius 1 is 1.45 bits per heavy atom. The molecule has 1 heterocycles. The SMILES string of the molecule is O=C(CCC1CCCC1)NC(Cc1cnc[nH]1)C(=O)O. The zero-order valence-electron chi connectivity index (χ0n) is 11.5. The molecule has 2 rings (SSSR count). The van der Waals surface area contributed by atoms with Crippen molar-refractivity contribution in [3.8, 4) is 0 Å². The molecule has 6 heteroatoms. The van der Waals surface area contributed by atoms with Gasteiger partial charge in [0.15, 0.2) is 0 Å². The van der Waals surface area contributed by atoms with Gasteiger partial charge in [-0.1, -0.05) is 25.7 Å². The highest BCUT2D eigenvalue weighted by Crippen LogP contribution is 2.28. The monoisotopic (exact) mass is 279 g/mol. The Kier molecular flexibility index (Phi) is 5.15. The number of hydrogen-bond donors (Lipinski definition) is 3. The number of hydrogen-bond acceptors (Lipinski definition) is 3. The van der Waals surface area contributed by atoms with Crippen molar-refractivity contribution in [1.29, 1.82) is 0 Å². The van der Waals surface area contributed by atoms with Crippen LogP contribution in [0.3, 0.4) is 0 Å². The summed E-state index contributed by atoms with van der Waals surface area (Å²) in [5.41, 5.74) is 0.702. The molecular weight excluding hydrogens is 258 g/mol. The summed E-state index contributed by atoms with van der Waals surface area (Å²) in [5, 5.41) is 11.7. The van der Waals surface area contributed by atoms with Gasteiger partial charge in [0, 0.05) is 24.7 Å². The Morgan fingerprint density at radius 2 is 2.20 bits per heavy atom. The van der Waals surface area contributed by atoms with Crippen molar-refractivity contribution >= 4 is 11.9 Å². The maximum absolute atomic E-state index is 11.8. The normalized spacial score (nSPS) is 17.0. The second-order valence-electron chi connectivity index (χ2n) is 5.43. The smallest absolute Gasteiger partial charge is 0.326 e. The van der Waals surface area contributed by atoms with Crippen LogP contribution in [0.15, 0.2) is 12.5 Å². The Labute approximate surface area is 118 Å². The number of carboxylic acid groups (broad SMARTS) is 1. The quantitative estimate of drug-likeness (QED) is 0.704. The third-order valence-electron chi connectivity index (χ3n) is 3.87. The molecule has 3 N–H and O–H groups in total. The number of H-pyrrole nitrogens is 1. The van der Waals surface area contributed by atoms with Crippen LogP contribution in [0.5, 0.6) is 0 Å². The molecule has 1 aromatic rings. The molecule has 1 amide bonds. The average Bonchev–Trinajstić information content (AvgIpc) is 3.08. The Hall–Kier alpha value is -1.85. The van der Waals surface area contributed by atoms with Crippen LogP contribution in [0.1, 0.15) is 44.2 Å². The second kappa shape index (κ2) is 7.07. The van der Waals surface area contributed by atoms with Crippen LogP contribution < -0.4 is 5.32 Å². The highest BCUT2D eigenvalue weighted by molar-refractivity contribution is 5.83. The van der Waals surface area contributed by atoms with E-state index in [2.05, 4.69) is 15.3 Å². The van der Waals surface area contributed by atoms with E-state index in [4.69, 9.17) is 5.11 Å². The number of aromatic amines is 1. The Bertz CT molecular complexity index is 439. The Morgan fingerprint density at radius 3 is 2.80 bits per heavy atom. The van der Waals surface area contributed by atoms with E-state index in [1.54, 1.807) is 6.20 Å². The number of aliphatic carboxylic acids is 1. The van der Waals surface area contributed by atoms with Crippen LogP contribution in [-0.2, 0) is 16.0 Å². The molecule has 20 heavy (non-hydrogen) atoms. The number of aromatic nitrogens is 2. The van der Waals surface area contributed by atoms with Crippen molar-refractivity contribution in [1.82, 2.24) is 15.3 Å². The summed E-state index contributed by atoms with van der Waals surface area (Å²) in [5.74, 6) is -0.561. The number of imidazole rings is 1. The third kappa shape index (κ3) is 4.36. The lowest BCUT2D eigenvalue weighted by Gasteiger charge is -2.14. The minimum absolute atomic E-state index is 0.177. The van der Waals surface area contributed by atoms with Crippen molar-refractivity contribution in [2.24, 2.45) is 5.92 Å². The number of nitrogens with zero attached hydrogens (tertiary/aromatic N) is 1. The number of carbonyl (C=O) groups is 2. The fourth-order valence-electron chi connectivity index (χ4n) is 2.72. The molecule has 0 spiro atoms. The van der Waals surface area contributed by atoms with Gasteiger partial charge in [-0.25, -0.2) is 9.78 Å². The van der Waals surface area contributed by atoms with E-state index in [1.165, 1.54) is 32.0 Å². The van der Waals surface area contributed by atoms with Crippen molar-refractivity contribution < 1.29 is 14.7 Å². The van der Waals surface area contributed by atoms with Gasteiger partial charge in [0.2, 0.25) is 5.91 Å². The minimum atomic E-state index is -1.02. The summed E-state index contributed by atoms with van der Waals surface area (Å²) in [4.78, 5) is 29.7. The lowest BCUT2D eigenvalue weighted by molar-refractivity contribution is -0.141. The number of carbonyl (C=O) groups excluding carboxylic acids is 1. The Balaban J connectivity index is 1.78. The van der Waals surface area contributed by atoms with Gasteiger partial charge in [0.05, 0.1) is 6.33 Å². The van der Waals surface area contributed by atoms with Crippen molar-refractivity contribution in [3.63, 3.8) is 0 Å². The topological polar surface area (TPSA) is 95.1 Å². The summed E-state index contributed by atoms with van der Waals surface area (Å²) >= 11 is 0. The predicted molar refractivity (Wildman–Crippen MR) is 73.1 cm³/mol. The fourth-order valence-corrected chi connectivity index (χ4v) is 2.72. The maximum atomic E-state index is 11.8. The average molecular weight is 279 g/mol. The third-order valence-corrected chi connectivity index (χ3v) is 3.87. The summed E-state index contributed by atoms with van der Waals surface area (Å²) in [7, 11) is 0. The molecule has 0 radical (unpaired) electrons. The molecule has 1 saturated carbocycles. The summed E-state index contributed by atoms with van der Waals surface area (Å²) in [6, 6.07) is -0.897. The van der Waals surface area contributed by atoms with Crippen molar-refractivity contribution in [3.05, 3.63) is 18.2 Å². The van der Waals surface area contributed by atoms with Gasteiger partial charge in [0.1, 0.15) is 6.04 Å². The van der Waals surface area contributed by atoms with Crippen LogP contribution in [0.2, 0.25) is 0 Å². The van der Waals surface area contributed by atoms with Gasteiger partial charge in [-0.3, -0.25) is 4.79 Å². The van der Waals surface area contributed by atoms with E-state index in [1.807, 2.05) is 0 Å². The highest BCUT2D eigenvalue weighted by atomic mass is 16.4. The first-order valence-corrected chi connectivity index (χ1v) is 7.14. The van der Waals surface area contributed by atoms with E-state index in [0.717, 1.165) is 6.42 Å². The fraction of sp³-hybridized carbons (Fsp3) is 0.643. The summed E-state index contributed by atoms with van der Waals surface area (Å²) < 4.78 is 0. The van der Waals surface area contributed by atoms with E-state index < -0.39 is 12.0 Å². The number of nitrogens with one attached hydrogen (secondary N) is 2. The van der Waals surface area contributed by atoms with Gasteiger partial charge in [-0.05, 0) is 12.3 Å². The molecule has 1 atom stereocenters. The first-order chi connectivity index (χ1) is 9.65. The van der Waals surface area contributed by atoms with Crippen LogP contribution in [0.25, 0.3) is 0 Å². The van der Waals surface area contributed by atoms with E-state index >= 15 is 0 Å². The van der Waals surface area contributed by atoms with Gasteiger partial charge in [0.25, 0.3) is 0 Å². The van der Waals surface area contributed by atoms with E-state index in [-0.39, 0.29) is 12.3 Å². The molecule has 0 bridgehead atoms. The molecule has 1 aromatic heterocycles. The molecular formula is C14H21N3O3. The molecule has 1 unspecified atom stereocenters. The van der Waals surface area contributed by atoms with E-state index in [9.17, 15) is 9.59 Å². The van der Waals surface area contributed by atoms with Gasteiger partial charge >= 0.3 is 5.97 Å². The van der Waals surface area contributed by atoms with Crippen LogP contribution in [-0.4, -0.2) is 33.0 Å². The van der Waals surface area contributed by atoms with Crippen LogP contribution >= 0.6 is 0 Å². The predicted octanol–water partition coefficient (Wildman–Crippen LogP) is 1.49. The first kappa shape index (κ1) is 14.6. The van der Waals surface area contributed by atoms with Gasteiger partial charge < -0.3 is 15.4 Å². The molecule has 1 fully saturated rings. The van der Waals surface area contributed by atoms with Crippen molar-refractivity contribution in [2.75, 3.05) is 0 Å². The molecule has 0 aromatic carbocycles. The lowest BCUT2D eigenvalue weighted by atomic mass is 10.0. The number of carboxylic acids is 1. The van der Waals surface area contributed by atoms with Crippen LogP contribution in [0.4, 0.5) is 0 Å². The zero-order valence-corrected chi connectivity index (χ0v) is 11.5. The molecule has 6 nitrogen and oxygen atoms in total. The minimum Gasteiger partial charge on any atom is -0.480 e. The molecule has 0 saturated heterocycles. The van der Waals surface area contributed by atoms with Crippen LogP contribution in [0, 0.1) is 5.92 Å². The highest BCUT2D eigenvalue weighted by Gasteiger charge is 2.22. The molecule has 1 aliphatic carbocycles. The van der Waals surface area contributed by atoms with Gasteiger partial charge in [-0.15, -0.1) is 0 Å². The largest absolute Gasteiger partial charge is 0.480 e. The summed E-state index contributed by atoms with van der Waals surface area (Å²) in [6.45, 7) is 0. The maximum Gasteiger partial charge on any atom is 0.326 e. The van der Waals surface area contributed by atoms with E-state index in [0.29, 0.717) is 18.0 Å². The van der Waals surface area contributed by atoms with Crippen molar-refractivity contribution in [2.45, 2.75) is 51.0 Å². The molecule has 110 valence electrons. The molecule has 1 aliphatic rings. The number of amides is 1. The lowest BCUT2D eigenvalue weighted by Crippen LogP contribution is -2.42. The molecule has 0 aliphatic heterocycles. The zero-order chi connectivity index (χ0) is 14.4. The first-order valence-electron chi connectivity index (χ1n) is 7.14. The number of rotatable bonds is 7. The second-order valence-corrected chi connectivity index (χ2v) is 5.43. The standard InChI is InChI=1S/C14H21N3O3/c18-13(6-5-10-3-1-2-4-10)17-12(14(19)20)7-11-8-15-9-16-11/h8-10,12H,1-7H2,(H,15,16)(H,17,18)(H,19,20). The summed E-state index contributed by atoms with van der Waals surface area (Å²) in [6.07, 6.45) is 9.47.